The maximum Gasteiger partial charge on any atom is 0.156 e. The van der Waals surface area contributed by atoms with Crippen molar-refractivity contribution in [2.45, 2.75) is 37.9 Å². The van der Waals surface area contributed by atoms with Crippen LogP contribution in [-0.4, -0.2) is 24.0 Å². The van der Waals surface area contributed by atoms with E-state index in [1.807, 2.05) is 0 Å². The summed E-state index contributed by atoms with van der Waals surface area (Å²) >= 11 is 0. The summed E-state index contributed by atoms with van der Waals surface area (Å²) in [5, 5.41) is 4.56. The van der Waals surface area contributed by atoms with E-state index in [-0.39, 0.29) is 17.3 Å². The highest BCUT2D eigenvalue weighted by molar-refractivity contribution is 7.90. The molecule has 2 aromatic rings. The second kappa shape index (κ2) is 5.44. The van der Waals surface area contributed by atoms with Crippen molar-refractivity contribution in [3.05, 3.63) is 47.0 Å². The first-order valence-electron chi connectivity index (χ1n) is 8.08. The second-order valence-electron chi connectivity index (χ2n) is 6.61. The lowest BCUT2D eigenvalue weighted by Crippen LogP contribution is -2.12. The molecule has 1 heterocycles. The summed E-state index contributed by atoms with van der Waals surface area (Å²) in [7, 11) is -3.10. The standard InChI is InChI=1S/C17H19FN2O2S/c18-13-6-8-14(9-7-13)20-17-3-1-2-15(17)16(19-20)11-23(21,22)10-12-4-5-12/h6-9,12H,1-5,10-11H2. The third-order valence-corrected chi connectivity index (χ3v) is 6.32. The van der Waals surface area contributed by atoms with Crippen molar-refractivity contribution in [3.8, 4) is 5.69 Å². The molecule has 0 aliphatic heterocycles. The van der Waals surface area contributed by atoms with E-state index in [1.165, 1.54) is 12.1 Å². The molecule has 1 aromatic carbocycles. The number of hydrogen-bond donors (Lipinski definition) is 0. The van der Waals surface area contributed by atoms with Gasteiger partial charge in [0.05, 0.1) is 22.9 Å². The van der Waals surface area contributed by atoms with Gasteiger partial charge >= 0.3 is 0 Å². The van der Waals surface area contributed by atoms with Crippen LogP contribution < -0.4 is 0 Å². The molecule has 23 heavy (non-hydrogen) atoms. The maximum absolute atomic E-state index is 13.1. The molecule has 4 rings (SSSR count). The Kier molecular flexibility index (Phi) is 3.52. The Labute approximate surface area is 135 Å². The van der Waals surface area contributed by atoms with Crippen LogP contribution in [0.5, 0.6) is 0 Å². The van der Waals surface area contributed by atoms with Crippen LogP contribution in [0.25, 0.3) is 5.69 Å². The lowest BCUT2D eigenvalue weighted by Gasteiger charge is -2.05. The van der Waals surface area contributed by atoms with Crippen LogP contribution in [0, 0.1) is 11.7 Å². The highest BCUT2D eigenvalue weighted by atomic mass is 32.2. The summed E-state index contributed by atoms with van der Waals surface area (Å²) in [6, 6.07) is 6.18. The predicted octanol–water partition coefficient (Wildman–Crippen LogP) is 2.82. The van der Waals surface area contributed by atoms with Crippen LogP contribution in [0.15, 0.2) is 24.3 Å². The van der Waals surface area contributed by atoms with Crippen molar-refractivity contribution in [2.24, 2.45) is 5.92 Å². The topological polar surface area (TPSA) is 52.0 Å². The van der Waals surface area contributed by atoms with Crippen molar-refractivity contribution in [2.75, 3.05) is 5.75 Å². The van der Waals surface area contributed by atoms with Gasteiger partial charge in [-0.1, -0.05) is 0 Å². The van der Waals surface area contributed by atoms with Crippen LogP contribution in [-0.2, 0) is 28.4 Å². The van der Waals surface area contributed by atoms with Crippen molar-refractivity contribution >= 4 is 9.84 Å². The zero-order valence-electron chi connectivity index (χ0n) is 12.8. The van der Waals surface area contributed by atoms with Crippen LogP contribution in [0.3, 0.4) is 0 Å². The lowest BCUT2D eigenvalue weighted by molar-refractivity contribution is 0.590. The number of benzene rings is 1. The van der Waals surface area contributed by atoms with Crippen LogP contribution in [0.2, 0.25) is 0 Å². The van der Waals surface area contributed by atoms with E-state index in [0.717, 1.165) is 49.0 Å². The van der Waals surface area contributed by atoms with E-state index in [1.54, 1.807) is 16.8 Å². The van der Waals surface area contributed by atoms with Crippen LogP contribution in [0.1, 0.15) is 36.2 Å². The number of hydrogen-bond acceptors (Lipinski definition) is 3. The van der Waals surface area contributed by atoms with Gasteiger partial charge in [-0.3, -0.25) is 0 Å². The van der Waals surface area contributed by atoms with Gasteiger partial charge in [0.1, 0.15) is 5.82 Å². The van der Waals surface area contributed by atoms with Gasteiger partial charge in [-0.2, -0.15) is 5.10 Å². The molecular weight excluding hydrogens is 315 g/mol. The molecule has 0 amide bonds. The molecule has 0 spiro atoms. The largest absolute Gasteiger partial charge is 0.237 e. The molecule has 4 nitrogen and oxygen atoms in total. The smallest absolute Gasteiger partial charge is 0.156 e. The summed E-state index contributed by atoms with van der Waals surface area (Å²) in [6.07, 6.45) is 4.85. The summed E-state index contributed by atoms with van der Waals surface area (Å²) in [5.74, 6) is 0.377. The monoisotopic (exact) mass is 334 g/mol. The first-order chi connectivity index (χ1) is 11.0. The van der Waals surface area contributed by atoms with E-state index in [4.69, 9.17) is 0 Å². The van der Waals surface area contributed by atoms with E-state index in [9.17, 15) is 12.8 Å². The van der Waals surface area contributed by atoms with Crippen molar-refractivity contribution in [1.82, 2.24) is 9.78 Å². The molecule has 1 aromatic heterocycles. The number of aromatic nitrogens is 2. The first-order valence-corrected chi connectivity index (χ1v) is 9.90. The Morgan fingerprint density at radius 2 is 1.91 bits per heavy atom. The summed E-state index contributed by atoms with van der Waals surface area (Å²) < 4.78 is 39.6. The van der Waals surface area contributed by atoms with Gasteiger partial charge in [-0.15, -0.1) is 0 Å². The molecule has 122 valence electrons. The number of sulfone groups is 1. The Balaban J connectivity index is 1.68. The number of rotatable bonds is 5. The Hall–Kier alpha value is -1.69. The van der Waals surface area contributed by atoms with Gasteiger partial charge < -0.3 is 0 Å². The van der Waals surface area contributed by atoms with Crippen LogP contribution in [0.4, 0.5) is 4.39 Å². The summed E-state index contributed by atoms with van der Waals surface area (Å²) in [5.41, 5.74) is 3.62. The Morgan fingerprint density at radius 3 is 2.61 bits per heavy atom. The summed E-state index contributed by atoms with van der Waals surface area (Å²) in [4.78, 5) is 0. The van der Waals surface area contributed by atoms with Crippen molar-refractivity contribution in [3.63, 3.8) is 0 Å². The number of nitrogens with zero attached hydrogens (tertiary/aromatic N) is 2. The van der Waals surface area contributed by atoms with Crippen molar-refractivity contribution in [1.29, 1.82) is 0 Å². The van der Waals surface area contributed by atoms with Gasteiger partial charge in [0.25, 0.3) is 0 Å². The van der Waals surface area contributed by atoms with Crippen LogP contribution >= 0.6 is 0 Å². The zero-order chi connectivity index (χ0) is 16.0. The number of halogens is 1. The molecule has 2 aliphatic carbocycles. The van der Waals surface area contributed by atoms with Crippen molar-refractivity contribution < 1.29 is 12.8 Å². The molecule has 0 bridgehead atoms. The molecule has 0 saturated heterocycles. The molecule has 6 heteroatoms. The van der Waals surface area contributed by atoms with E-state index in [0.29, 0.717) is 11.6 Å². The Bertz CT molecular complexity index is 836. The minimum atomic E-state index is -3.10. The quantitative estimate of drug-likeness (QED) is 0.845. The summed E-state index contributed by atoms with van der Waals surface area (Å²) in [6.45, 7) is 0. The molecule has 0 atom stereocenters. The molecular formula is C17H19FN2O2S. The maximum atomic E-state index is 13.1. The first kappa shape index (κ1) is 14.9. The van der Waals surface area contributed by atoms with Gasteiger partial charge in [0.2, 0.25) is 0 Å². The van der Waals surface area contributed by atoms with Gasteiger partial charge in [0.15, 0.2) is 9.84 Å². The fourth-order valence-electron chi connectivity index (χ4n) is 3.34. The average molecular weight is 334 g/mol. The zero-order valence-corrected chi connectivity index (χ0v) is 13.7. The highest BCUT2D eigenvalue weighted by Gasteiger charge is 2.31. The second-order valence-corrected chi connectivity index (χ2v) is 8.72. The fourth-order valence-corrected chi connectivity index (χ4v) is 5.15. The van der Waals surface area contributed by atoms with E-state index in [2.05, 4.69) is 5.10 Å². The number of fused-ring (bicyclic) bond motifs is 1. The Morgan fingerprint density at radius 1 is 1.17 bits per heavy atom. The van der Waals surface area contributed by atoms with E-state index >= 15 is 0 Å². The van der Waals surface area contributed by atoms with Gasteiger partial charge in [-0.25, -0.2) is 17.5 Å². The fraction of sp³-hybridized carbons (Fsp3) is 0.471. The SMILES string of the molecule is O=S(=O)(Cc1nn(-c2ccc(F)cc2)c2c1CCC2)CC1CC1. The van der Waals surface area contributed by atoms with E-state index < -0.39 is 9.84 Å². The average Bonchev–Trinajstić information content (AvgIpc) is 3.05. The molecule has 1 saturated carbocycles. The molecule has 1 fully saturated rings. The predicted molar refractivity (Wildman–Crippen MR) is 85.8 cm³/mol. The minimum Gasteiger partial charge on any atom is -0.237 e. The molecule has 2 aliphatic rings. The molecule has 0 radical (unpaired) electrons. The lowest BCUT2D eigenvalue weighted by atomic mass is 10.2. The molecule has 0 unspecified atom stereocenters. The normalized spacial score (nSPS) is 17.4. The third kappa shape index (κ3) is 3.04. The highest BCUT2D eigenvalue weighted by Crippen LogP contribution is 2.33. The minimum absolute atomic E-state index is 0.0278. The molecule has 0 N–H and O–H groups in total. The van der Waals surface area contributed by atoms with Gasteiger partial charge in [-0.05, 0) is 67.9 Å². The third-order valence-electron chi connectivity index (χ3n) is 4.63. The van der Waals surface area contributed by atoms with Gasteiger partial charge in [0, 0.05) is 5.69 Å².